The molecule has 0 heterocycles. The second-order valence-electron chi connectivity index (χ2n) is 3.53. The van der Waals surface area contributed by atoms with Gasteiger partial charge in [0.1, 0.15) is 0 Å². The fraction of sp³-hybridized carbons (Fsp3) is 0.875. The molecule has 0 rings (SSSR count). The molecule has 0 aromatic heterocycles. The second kappa shape index (κ2) is 5.11. The molecule has 1 amide bonds. The summed E-state index contributed by atoms with van der Waals surface area (Å²) >= 11 is 0. The minimum atomic E-state index is -0.442. The van der Waals surface area contributed by atoms with E-state index in [1.807, 2.05) is 0 Å². The Morgan fingerprint density at radius 2 is 1.92 bits per heavy atom. The van der Waals surface area contributed by atoms with Gasteiger partial charge in [-0.15, -0.1) is 0 Å². The molecule has 0 saturated heterocycles. The summed E-state index contributed by atoms with van der Waals surface area (Å²) in [5.74, 6) is 5.62. The largest absolute Gasteiger partial charge is 0.320 e. The summed E-state index contributed by atoms with van der Waals surface area (Å²) in [4.78, 5) is 11.1. The van der Waals surface area contributed by atoms with Gasteiger partial charge in [0, 0.05) is 7.05 Å². The van der Waals surface area contributed by atoms with Crippen molar-refractivity contribution in [3.8, 4) is 0 Å². The molecule has 0 aromatic carbocycles. The number of nitrogens with zero attached hydrogens (tertiary/aromatic N) is 1. The Morgan fingerprint density at radius 1 is 1.42 bits per heavy atom. The van der Waals surface area contributed by atoms with Crippen molar-refractivity contribution in [2.45, 2.75) is 32.7 Å². The molecule has 12 heavy (non-hydrogen) atoms. The maximum absolute atomic E-state index is 11.1. The number of likely N-dealkylation sites (N-methyl/N-ethyl adjacent to an activating group) is 1. The molecule has 0 radical (unpaired) electrons. The van der Waals surface area contributed by atoms with Crippen molar-refractivity contribution in [1.82, 2.24) is 5.01 Å². The van der Waals surface area contributed by atoms with Crippen LogP contribution in [-0.4, -0.2) is 24.0 Å². The Bertz CT molecular complexity index is 145. The highest BCUT2D eigenvalue weighted by atomic mass is 16.2. The number of amides is 1. The number of hydrogen-bond acceptors (Lipinski definition) is 3. The maximum atomic E-state index is 11.1. The van der Waals surface area contributed by atoms with Gasteiger partial charge in [-0.25, -0.2) is 5.84 Å². The lowest BCUT2D eigenvalue weighted by Crippen LogP contribution is -2.45. The first-order valence-electron chi connectivity index (χ1n) is 4.23. The lowest BCUT2D eigenvalue weighted by molar-refractivity contribution is -0.131. The quantitative estimate of drug-likeness (QED) is 0.359. The summed E-state index contributed by atoms with van der Waals surface area (Å²) in [6.45, 7) is 4.20. The van der Waals surface area contributed by atoms with E-state index in [0.29, 0.717) is 12.3 Å². The maximum Gasteiger partial charge on any atom is 0.253 e. The van der Waals surface area contributed by atoms with Gasteiger partial charge in [-0.3, -0.25) is 9.80 Å². The van der Waals surface area contributed by atoms with Gasteiger partial charge in [0.2, 0.25) is 0 Å². The smallest absolute Gasteiger partial charge is 0.253 e. The van der Waals surface area contributed by atoms with E-state index in [2.05, 4.69) is 13.8 Å². The molecule has 0 aliphatic carbocycles. The van der Waals surface area contributed by atoms with E-state index in [9.17, 15) is 4.79 Å². The summed E-state index contributed by atoms with van der Waals surface area (Å²) in [7, 11) is 1.51. The van der Waals surface area contributed by atoms with Crippen molar-refractivity contribution in [1.29, 1.82) is 0 Å². The van der Waals surface area contributed by atoms with Crippen LogP contribution in [-0.2, 0) is 4.79 Å². The summed E-state index contributed by atoms with van der Waals surface area (Å²) in [6, 6.07) is -0.442. The van der Waals surface area contributed by atoms with Crippen molar-refractivity contribution in [3.05, 3.63) is 0 Å². The van der Waals surface area contributed by atoms with E-state index >= 15 is 0 Å². The molecule has 0 saturated carbocycles. The van der Waals surface area contributed by atoms with Gasteiger partial charge in [0.05, 0.1) is 6.04 Å². The highest BCUT2D eigenvalue weighted by molar-refractivity contribution is 5.80. The molecule has 0 aliphatic rings. The van der Waals surface area contributed by atoms with Gasteiger partial charge in [-0.1, -0.05) is 13.8 Å². The predicted octanol–water partition coefficient (Wildman–Crippen LogP) is 0.0820. The van der Waals surface area contributed by atoms with Gasteiger partial charge in [-0.05, 0) is 18.8 Å². The van der Waals surface area contributed by atoms with Crippen LogP contribution >= 0.6 is 0 Å². The van der Waals surface area contributed by atoms with Gasteiger partial charge in [0.25, 0.3) is 5.91 Å². The summed E-state index contributed by atoms with van der Waals surface area (Å²) in [5.41, 5.74) is 5.60. The van der Waals surface area contributed by atoms with Crippen molar-refractivity contribution in [2.75, 3.05) is 7.05 Å². The highest BCUT2D eigenvalue weighted by Gasteiger charge is 2.15. The number of carbonyl (C=O) groups excluding carboxylic acids is 1. The minimum Gasteiger partial charge on any atom is -0.320 e. The fourth-order valence-electron chi connectivity index (χ4n) is 0.898. The molecule has 4 heteroatoms. The molecule has 1 unspecified atom stereocenters. The van der Waals surface area contributed by atoms with Crippen LogP contribution in [0.2, 0.25) is 0 Å². The van der Waals surface area contributed by atoms with Crippen LogP contribution in [0.15, 0.2) is 0 Å². The molecule has 0 spiro atoms. The van der Waals surface area contributed by atoms with E-state index in [1.165, 1.54) is 7.05 Å². The third-order valence-electron chi connectivity index (χ3n) is 1.72. The predicted molar refractivity (Wildman–Crippen MR) is 49.0 cm³/mol. The Kier molecular flexibility index (Phi) is 4.85. The average molecular weight is 173 g/mol. The first kappa shape index (κ1) is 11.4. The van der Waals surface area contributed by atoms with E-state index in [4.69, 9.17) is 11.6 Å². The fourth-order valence-corrected chi connectivity index (χ4v) is 0.898. The standard InChI is InChI=1S/C8H19N3O/c1-6(2)4-5-7(9)8(12)11(3)10/h6-7H,4-5,9-10H2,1-3H3. The van der Waals surface area contributed by atoms with E-state index in [-0.39, 0.29) is 5.91 Å². The zero-order chi connectivity index (χ0) is 9.72. The average Bonchev–Trinajstić information content (AvgIpc) is 1.98. The third kappa shape index (κ3) is 4.31. The minimum absolute atomic E-state index is 0.198. The van der Waals surface area contributed by atoms with Crippen LogP contribution in [0.5, 0.6) is 0 Å². The van der Waals surface area contributed by atoms with Crippen molar-refractivity contribution in [3.63, 3.8) is 0 Å². The molecule has 0 bridgehead atoms. The number of rotatable bonds is 4. The van der Waals surface area contributed by atoms with Crippen molar-refractivity contribution >= 4 is 5.91 Å². The van der Waals surface area contributed by atoms with Gasteiger partial charge in [0.15, 0.2) is 0 Å². The monoisotopic (exact) mass is 173 g/mol. The molecule has 0 aromatic rings. The third-order valence-corrected chi connectivity index (χ3v) is 1.72. The molecule has 0 fully saturated rings. The highest BCUT2D eigenvalue weighted by Crippen LogP contribution is 2.05. The number of hydrazine groups is 1. The van der Waals surface area contributed by atoms with Crippen LogP contribution in [0, 0.1) is 5.92 Å². The molecule has 72 valence electrons. The van der Waals surface area contributed by atoms with Crippen molar-refractivity contribution < 1.29 is 4.79 Å². The van der Waals surface area contributed by atoms with Crippen LogP contribution in [0.4, 0.5) is 0 Å². The molecular weight excluding hydrogens is 154 g/mol. The van der Waals surface area contributed by atoms with Crippen molar-refractivity contribution in [2.24, 2.45) is 17.5 Å². The number of nitrogens with two attached hydrogens (primary N) is 2. The molecule has 4 N–H and O–H groups in total. The first-order chi connectivity index (χ1) is 5.45. The first-order valence-corrected chi connectivity index (χ1v) is 4.23. The topological polar surface area (TPSA) is 72.4 Å². The number of hydrogen-bond donors (Lipinski definition) is 2. The Labute approximate surface area is 73.9 Å². The van der Waals surface area contributed by atoms with Gasteiger partial charge >= 0.3 is 0 Å². The second-order valence-corrected chi connectivity index (χ2v) is 3.53. The zero-order valence-corrected chi connectivity index (χ0v) is 8.08. The normalized spacial score (nSPS) is 13.2. The SMILES string of the molecule is CC(C)CCC(N)C(=O)N(C)N. The Balaban J connectivity index is 3.72. The van der Waals surface area contributed by atoms with E-state index in [0.717, 1.165) is 11.4 Å². The lowest BCUT2D eigenvalue weighted by Gasteiger charge is -2.16. The Morgan fingerprint density at radius 3 is 2.25 bits per heavy atom. The molecule has 4 nitrogen and oxygen atoms in total. The van der Waals surface area contributed by atoms with Crippen LogP contribution in [0.1, 0.15) is 26.7 Å². The number of carbonyl (C=O) groups is 1. The zero-order valence-electron chi connectivity index (χ0n) is 8.08. The summed E-state index contributed by atoms with van der Waals surface area (Å²) in [6.07, 6.45) is 1.67. The van der Waals surface area contributed by atoms with Crippen LogP contribution in [0.3, 0.4) is 0 Å². The molecule has 0 aliphatic heterocycles. The Hall–Kier alpha value is -0.610. The lowest BCUT2D eigenvalue weighted by atomic mass is 10.0. The van der Waals surface area contributed by atoms with Gasteiger partial charge in [-0.2, -0.15) is 0 Å². The van der Waals surface area contributed by atoms with E-state index < -0.39 is 6.04 Å². The van der Waals surface area contributed by atoms with E-state index in [1.54, 1.807) is 0 Å². The van der Waals surface area contributed by atoms with Gasteiger partial charge < -0.3 is 5.73 Å². The summed E-state index contributed by atoms with van der Waals surface area (Å²) < 4.78 is 0. The van der Waals surface area contributed by atoms with Crippen LogP contribution in [0.25, 0.3) is 0 Å². The van der Waals surface area contributed by atoms with Crippen LogP contribution < -0.4 is 11.6 Å². The molecule has 1 atom stereocenters. The summed E-state index contributed by atoms with van der Waals surface area (Å²) in [5, 5.41) is 1.05. The molecular formula is C8H19N3O.